The zero-order chi connectivity index (χ0) is 21.7. The van der Waals surface area contributed by atoms with Gasteiger partial charge in [0.15, 0.2) is 6.10 Å². The molecule has 30 heavy (non-hydrogen) atoms. The number of carbonyl (C=O) groups excluding carboxylic acids is 1. The fraction of sp³-hybridized carbons (Fsp3) is 0.333. The molecule has 6 nitrogen and oxygen atoms in total. The predicted molar refractivity (Wildman–Crippen MR) is 114 cm³/mol. The Labute approximate surface area is 175 Å². The molecule has 158 valence electrons. The fourth-order valence-corrected chi connectivity index (χ4v) is 2.78. The van der Waals surface area contributed by atoms with Crippen molar-refractivity contribution in [3.63, 3.8) is 0 Å². The lowest BCUT2D eigenvalue weighted by atomic mass is 10.2. The van der Waals surface area contributed by atoms with Gasteiger partial charge in [-0.1, -0.05) is 26.0 Å². The maximum absolute atomic E-state index is 12.8. The van der Waals surface area contributed by atoms with Crippen molar-refractivity contribution in [3.8, 4) is 17.2 Å². The molecule has 0 bridgehead atoms. The summed E-state index contributed by atoms with van der Waals surface area (Å²) in [7, 11) is 0. The van der Waals surface area contributed by atoms with E-state index in [1.54, 1.807) is 25.1 Å². The molecule has 0 aliphatic carbocycles. The SMILES string of the molecule is CCc1ccc(Oc2coc3cc(O[C@@H](C)C(=O)O[C@H](C)CC)ccc3c2=O)cc1. The van der Waals surface area contributed by atoms with Crippen molar-refractivity contribution in [2.45, 2.75) is 52.7 Å². The third-order valence-corrected chi connectivity index (χ3v) is 4.81. The molecule has 0 saturated carbocycles. The van der Waals surface area contributed by atoms with Crippen molar-refractivity contribution in [1.82, 2.24) is 0 Å². The third kappa shape index (κ3) is 5.00. The van der Waals surface area contributed by atoms with Crippen LogP contribution in [0.2, 0.25) is 0 Å². The second kappa shape index (κ2) is 9.48. The Hall–Kier alpha value is -3.28. The van der Waals surface area contributed by atoms with Crippen molar-refractivity contribution in [3.05, 3.63) is 64.5 Å². The van der Waals surface area contributed by atoms with E-state index in [4.69, 9.17) is 18.6 Å². The molecular weight excluding hydrogens is 384 g/mol. The highest BCUT2D eigenvalue weighted by Crippen LogP contribution is 2.25. The molecule has 3 aromatic rings. The first kappa shape index (κ1) is 21.4. The van der Waals surface area contributed by atoms with Gasteiger partial charge < -0.3 is 18.6 Å². The number of hydrogen-bond donors (Lipinski definition) is 0. The van der Waals surface area contributed by atoms with Crippen LogP contribution in [0.25, 0.3) is 11.0 Å². The van der Waals surface area contributed by atoms with E-state index in [9.17, 15) is 9.59 Å². The Morgan fingerprint density at radius 2 is 1.73 bits per heavy atom. The van der Waals surface area contributed by atoms with E-state index in [0.717, 1.165) is 12.8 Å². The molecule has 2 atom stereocenters. The first-order valence-electron chi connectivity index (χ1n) is 10.1. The molecule has 0 amide bonds. The number of benzene rings is 2. The smallest absolute Gasteiger partial charge is 0.347 e. The first-order chi connectivity index (χ1) is 14.4. The Balaban J connectivity index is 1.77. The van der Waals surface area contributed by atoms with Gasteiger partial charge in [-0.25, -0.2) is 4.79 Å². The topological polar surface area (TPSA) is 75.0 Å². The molecule has 0 radical (unpaired) electrons. The van der Waals surface area contributed by atoms with Gasteiger partial charge in [0.2, 0.25) is 11.2 Å². The van der Waals surface area contributed by atoms with Gasteiger partial charge in [0, 0.05) is 6.07 Å². The average molecular weight is 410 g/mol. The van der Waals surface area contributed by atoms with E-state index >= 15 is 0 Å². The number of fused-ring (bicyclic) bond motifs is 1. The number of esters is 1. The molecule has 3 rings (SSSR count). The largest absolute Gasteiger partial charge is 0.479 e. The van der Waals surface area contributed by atoms with Crippen molar-refractivity contribution in [2.24, 2.45) is 0 Å². The maximum Gasteiger partial charge on any atom is 0.347 e. The normalized spacial score (nSPS) is 12.9. The molecule has 0 spiro atoms. The number of aryl methyl sites for hydroxylation is 1. The van der Waals surface area contributed by atoms with E-state index < -0.39 is 12.1 Å². The highest BCUT2D eigenvalue weighted by Gasteiger charge is 2.19. The third-order valence-electron chi connectivity index (χ3n) is 4.81. The van der Waals surface area contributed by atoms with Gasteiger partial charge in [0.1, 0.15) is 23.3 Å². The zero-order valence-corrected chi connectivity index (χ0v) is 17.6. The van der Waals surface area contributed by atoms with Crippen LogP contribution in [0.5, 0.6) is 17.2 Å². The lowest BCUT2D eigenvalue weighted by molar-refractivity contribution is -0.155. The minimum atomic E-state index is -0.781. The molecule has 0 N–H and O–H groups in total. The van der Waals surface area contributed by atoms with E-state index in [-0.39, 0.29) is 17.3 Å². The van der Waals surface area contributed by atoms with Gasteiger partial charge in [-0.2, -0.15) is 0 Å². The number of ether oxygens (including phenoxy) is 3. The molecule has 0 unspecified atom stereocenters. The summed E-state index contributed by atoms with van der Waals surface area (Å²) in [6.45, 7) is 7.45. The van der Waals surface area contributed by atoms with Gasteiger partial charge in [-0.3, -0.25) is 4.79 Å². The molecule has 0 saturated heterocycles. The summed E-state index contributed by atoms with van der Waals surface area (Å²) >= 11 is 0. The van der Waals surface area contributed by atoms with Crippen molar-refractivity contribution >= 4 is 16.9 Å². The Kier molecular flexibility index (Phi) is 6.77. The van der Waals surface area contributed by atoms with Crippen LogP contribution in [0.1, 0.15) is 39.7 Å². The molecule has 0 fully saturated rings. The molecule has 6 heteroatoms. The number of hydrogen-bond acceptors (Lipinski definition) is 6. The summed E-state index contributed by atoms with van der Waals surface area (Å²) in [5, 5.41) is 0.361. The Bertz CT molecular complexity index is 1070. The fourth-order valence-electron chi connectivity index (χ4n) is 2.78. The van der Waals surface area contributed by atoms with Crippen molar-refractivity contribution in [1.29, 1.82) is 0 Å². The van der Waals surface area contributed by atoms with Crippen molar-refractivity contribution < 1.29 is 23.4 Å². The van der Waals surface area contributed by atoms with E-state index in [1.807, 2.05) is 38.1 Å². The van der Waals surface area contributed by atoms with Crippen LogP contribution in [0, 0.1) is 0 Å². The molecule has 2 aromatic carbocycles. The summed E-state index contributed by atoms with van der Waals surface area (Å²) in [6.07, 6.45) is 1.98. The standard InChI is InChI=1S/C24H26O6/c1-5-15(3)28-24(26)16(4)29-19-11-12-20-21(13-19)27-14-22(23(20)25)30-18-9-7-17(6-2)8-10-18/h7-16H,5-6H2,1-4H3/t15-,16+/m1/s1. The molecule has 1 heterocycles. The summed E-state index contributed by atoms with van der Waals surface area (Å²) in [5.41, 5.74) is 1.24. The Morgan fingerprint density at radius 3 is 2.40 bits per heavy atom. The van der Waals surface area contributed by atoms with Crippen LogP contribution in [-0.4, -0.2) is 18.2 Å². The van der Waals surface area contributed by atoms with Crippen LogP contribution in [0.3, 0.4) is 0 Å². The van der Waals surface area contributed by atoms with E-state index in [0.29, 0.717) is 22.5 Å². The zero-order valence-electron chi connectivity index (χ0n) is 17.6. The van der Waals surface area contributed by atoms with Gasteiger partial charge in [-0.05, 0) is 56.5 Å². The number of carbonyl (C=O) groups is 1. The summed E-state index contributed by atoms with van der Waals surface area (Å²) in [5.74, 6) is 0.630. The predicted octanol–water partition coefficient (Wildman–Crippen LogP) is 5.26. The second-order valence-electron chi connectivity index (χ2n) is 7.10. The lowest BCUT2D eigenvalue weighted by Gasteiger charge is -2.17. The minimum Gasteiger partial charge on any atom is -0.479 e. The van der Waals surface area contributed by atoms with Crippen LogP contribution >= 0.6 is 0 Å². The Morgan fingerprint density at radius 1 is 1.03 bits per heavy atom. The lowest BCUT2D eigenvalue weighted by Crippen LogP contribution is -2.29. The molecule has 1 aromatic heterocycles. The molecular formula is C24H26O6. The van der Waals surface area contributed by atoms with Gasteiger partial charge in [-0.15, -0.1) is 0 Å². The van der Waals surface area contributed by atoms with Crippen LogP contribution < -0.4 is 14.9 Å². The molecule has 0 aliphatic rings. The quantitative estimate of drug-likeness (QED) is 0.472. The highest BCUT2D eigenvalue weighted by molar-refractivity contribution is 5.79. The highest BCUT2D eigenvalue weighted by atomic mass is 16.6. The van der Waals surface area contributed by atoms with Gasteiger partial charge >= 0.3 is 5.97 Å². The minimum absolute atomic E-state index is 0.103. The van der Waals surface area contributed by atoms with Crippen LogP contribution in [-0.2, 0) is 16.0 Å². The second-order valence-corrected chi connectivity index (χ2v) is 7.10. The average Bonchev–Trinajstić information content (AvgIpc) is 2.76. The van der Waals surface area contributed by atoms with Gasteiger partial charge in [0.25, 0.3) is 0 Å². The summed E-state index contributed by atoms with van der Waals surface area (Å²) < 4.78 is 22.2. The monoisotopic (exact) mass is 410 g/mol. The van der Waals surface area contributed by atoms with Crippen molar-refractivity contribution in [2.75, 3.05) is 0 Å². The number of rotatable bonds is 8. The summed E-state index contributed by atoms with van der Waals surface area (Å²) in [4.78, 5) is 24.8. The van der Waals surface area contributed by atoms with Crippen LogP contribution in [0.15, 0.2) is 57.9 Å². The first-order valence-corrected chi connectivity index (χ1v) is 10.1. The van der Waals surface area contributed by atoms with Crippen LogP contribution in [0.4, 0.5) is 0 Å². The summed E-state index contributed by atoms with van der Waals surface area (Å²) in [6, 6.07) is 12.3. The molecule has 0 aliphatic heterocycles. The maximum atomic E-state index is 12.8. The van der Waals surface area contributed by atoms with Gasteiger partial charge in [0.05, 0.1) is 11.5 Å². The van der Waals surface area contributed by atoms with E-state index in [2.05, 4.69) is 6.92 Å². The van der Waals surface area contributed by atoms with E-state index in [1.165, 1.54) is 11.8 Å².